The van der Waals surface area contributed by atoms with Gasteiger partial charge in [-0.1, -0.05) is 22.9 Å². The van der Waals surface area contributed by atoms with Crippen LogP contribution in [0.25, 0.3) is 10.3 Å². The summed E-state index contributed by atoms with van der Waals surface area (Å²) in [5.74, 6) is -1.31. The normalized spacial score (nSPS) is 14.0. The van der Waals surface area contributed by atoms with Gasteiger partial charge in [0.2, 0.25) is 5.91 Å². The second kappa shape index (κ2) is 7.60. The van der Waals surface area contributed by atoms with Crippen molar-refractivity contribution < 1.29 is 9.18 Å². The maximum Gasteiger partial charge on any atom is 0.332 e. The van der Waals surface area contributed by atoms with Crippen molar-refractivity contribution in [3.05, 3.63) is 49.9 Å². The van der Waals surface area contributed by atoms with Gasteiger partial charge in [0.05, 0.1) is 5.69 Å². The van der Waals surface area contributed by atoms with E-state index in [1.54, 1.807) is 0 Å². The molecule has 1 fully saturated rings. The number of hydrogen-bond donors (Lipinski definition) is 1. The summed E-state index contributed by atoms with van der Waals surface area (Å²) in [6, 6.07) is 3.86. The molecule has 1 N–H and O–H groups in total. The van der Waals surface area contributed by atoms with E-state index in [0.29, 0.717) is 9.83 Å². The Hall–Kier alpha value is -2.72. The van der Waals surface area contributed by atoms with Gasteiger partial charge < -0.3 is 10.2 Å². The molecule has 4 rings (SSSR count). The molecule has 1 amide bonds. The Morgan fingerprint density at radius 1 is 1.31 bits per heavy atom. The first-order valence-corrected chi connectivity index (χ1v) is 10.1. The number of nitrogens with one attached hydrogen (secondary N) is 1. The molecule has 0 aliphatic carbocycles. The van der Waals surface area contributed by atoms with E-state index in [4.69, 9.17) is 11.6 Å². The maximum atomic E-state index is 13.9. The molecule has 1 saturated heterocycles. The Morgan fingerprint density at radius 3 is 2.72 bits per heavy atom. The highest BCUT2D eigenvalue weighted by atomic mass is 35.5. The molecule has 0 radical (unpaired) electrons. The Balaban J connectivity index is 1.71. The first-order chi connectivity index (χ1) is 13.8. The van der Waals surface area contributed by atoms with Crippen molar-refractivity contribution in [1.82, 2.24) is 14.1 Å². The lowest BCUT2D eigenvalue weighted by molar-refractivity contribution is -0.116. The van der Waals surface area contributed by atoms with Crippen molar-refractivity contribution in [1.29, 1.82) is 0 Å². The molecule has 3 heterocycles. The predicted molar refractivity (Wildman–Crippen MR) is 111 cm³/mol. The van der Waals surface area contributed by atoms with Crippen LogP contribution < -0.4 is 21.5 Å². The molecule has 3 aromatic rings. The molecule has 8 nitrogen and oxygen atoms in total. The van der Waals surface area contributed by atoms with Crippen LogP contribution in [0.15, 0.2) is 27.8 Å². The summed E-state index contributed by atoms with van der Waals surface area (Å²) in [6.07, 6.45) is 2.08. The average molecular weight is 438 g/mol. The third-order valence-electron chi connectivity index (χ3n) is 4.75. The van der Waals surface area contributed by atoms with Crippen LogP contribution >= 0.6 is 22.9 Å². The Morgan fingerprint density at radius 2 is 2.03 bits per heavy atom. The lowest BCUT2D eigenvalue weighted by Crippen LogP contribution is -2.40. The number of halogens is 2. The zero-order valence-electron chi connectivity index (χ0n) is 15.4. The minimum Gasteiger partial charge on any atom is -0.348 e. The highest BCUT2D eigenvalue weighted by Gasteiger charge is 2.22. The van der Waals surface area contributed by atoms with E-state index in [1.165, 1.54) is 30.5 Å². The van der Waals surface area contributed by atoms with Crippen molar-refractivity contribution in [2.24, 2.45) is 7.05 Å². The molecule has 1 aromatic carbocycles. The van der Waals surface area contributed by atoms with Gasteiger partial charge in [0.15, 0.2) is 10.8 Å². The number of rotatable bonds is 4. The fourth-order valence-electron chi connectivity index (χ4n) is 3.24. The maximum absolute atomic E-state index is 13.9. The van der Waals surface area contributed by atoms with Crippen molar-refractivity contribution in [2.75, 3.05) is 23.3 Å². The molecule has 29 heavy (non-hydrogen) atoms. The molecule has 2 aromatic heterocycles. The molecular formula is C18H17ClFN5O3S. The summed E-state index contributed by atoms with van der Waals surface area (Å²) in [5.41, 5.74) is -0.998. The second-order valence-corrected chi connectivity index (χ2v) is 8.16. The van der Waals surface area contributed by atoms with Crippen LogP contribution in [0.4, 0.5) is 15.2 Å². The number of nitrogens with zero attached hydrogens (tertiary/aromatic N) is 4. The van der Waals surface area contributed by atoms with E-state index in [0.717, 1.165) is 41.1 Å². The van der Waals surface area contributed by atoms with Gasteiger partial charge in [0.1, 0.15) is 17.1 Å². The van der Waals surface area contributed by atoms with Crippen LogP contribution in [-0.4, -0.2) is 33.1 Å². The summed E-state index contributed by atoms with van der Waals surface area (Å²) < 4.78 is 16.3. The summed E-state index contributed by atoms with van der Waals surface area (Å²) in [5, 5.41) is 3.27. The van der Waals surface area contributed by atoms with E-state index >= 15 is 0 Å². The van der Waals surface area contributed by atoms with E-state index in [9.17, 15) is 18.8 Å². The number of aromatic nitrogens is 3. The number of benzene rings is 1. The lowest BCUT2D eigenvalue weighted by Gasteiger charge is -2.12. The van der Waals surface area contributed by atoms with Gasteiger partial charge in [-0.05, 0) is 31.0 Å². The SMILES string of the molecule is Cn1c(=O)c2sc(N3CCCC3)nc2n(CC(=O)Nc2ccc(Cl)cc2F)c1=O. The highest BCUT2D eigenvalue weighted by Crippen LogP contribution is 2.28. The molecule has 0 atom stereocenters. The number of carbonyl (C=O) groups excluding carboxylic acids is 1. The topological polar surface area (TPSA) is 89.2 Å². The molecule has 1 aliphatic heterocycles. The van der Waals surface area contributed by atoms with Crippen molar-refractivity contribution in [3.63, 3.8) is 0 Å². The fourth-order valence-corrected chi connectivity index (χ4v) is 4.50. The van der Waals surface area contributed by atoms with Crippen molar-refractivity contribution in [2.45, 2.75) is 19.4 Å². The Bertz CT molecular complexity index is 1230. The lowest BCUT2D eigenvalue weighted by atomic mass is 10.3. The van der Waals surface area contributed by atoms with E-state index in [1.807, 2.05) is 0 Å². The number of hydrogen-bond acceptors (Lipinski definition) is 6. The van der Waals surface area contributed by atoms with Gasteiger partial charge >= 0.3 is 5.69 Å². The largest absolute Gasteiger partial charge is 0.348 e. The molecule has 0 bridgehead atoms. The number of anilines is 2. The number of amides is 1. The van der Waals surface area contributed by atoms with E-state index in [-0.39, 0.29) is 16.4 Å². The quantitative estimate of drug-likeness (QED) is 0.675. The summed E-state index contributed by atoms with van der Waals surface area (Å²) in [4.78, 5) is 44.2. The van der Waals surface area contributed by atoms with Gasteiger partial charge in [-0.3, -0.25) is 18.7 Å². The molecule has 152 valence electrons. The molecule has 0 saturated carbocycles. The van der Waals surface area contributed by atoms with Crippen molar-refractivity contribution in [3.8, 4) is 0 Å². The van der Waals surface area contributed by atoms with E-state index in [2.05, 4.69) is 15.2 Å². The smallest absolute Gasteiger partial charge is 0.332 e. The molecule has 0 spiro atoms. The summed E-state index contributed by atoms with van der Waals surface area (Å²) >= 11 is 6.92. The number of carbonyl (C=O) groups is 1. The first-order valence-electron chi connectivity index (χ1n) is 8.95. The minimum absolute atomic E-state index is 0.0513. The zero-order valence-corrected chi connectivity index (χ0v) is 17.0. The summed E-state index contributed by atoms with van der Waals surface area (Å²) in [6.45, 7) is 1.26. The minimum atomic E-state index is -0.686. The van der Waals surface area contributed by atoms with Crippen LogP contribution in [0.5, 0.6) is 0 Å². The van der Waals surface area contributed by atoms with Crippen LogP contribution in [0.3, 0.4) is 0 Å². The third-order valence-corrected chi connectivity index (χ3v) is 6.08. The first kappa shape index (κ1) is 19.6. The monoisotopic (exact) mass is 437 g/mol. The predicted octanol–water partition coefficient (Wildman–Crippen LogP) is 2.19. The van der Waals surface area contributed by atoms with Crippen LogP contribution in [-0.2, 0) is 18.4 Å². The fraction of sp³-hybridized carbons (Fsp3) is 0.333. The number of fused-ring (bicyclic) bond motifs is 1. The Labute approximate surface area is 173 Å². The van der Waals surface area contributed by atoms with Crippen LogP contribution in [0.1, 0.15) is 12.8 Å². The van der Waals surface area contributed by atoms with Gasteiger partial charge in [-0.2, -0.15) is 0 Å². The Kier molecular flexibility index (Phi) is 5.13. The summed E-state index contributed by atoms with van der Waals surface area (Å²) in [7, 11) is 1.35. The van der Waals surface area contributed by atoms with Crippen LogP contribution in [0.2, 0.25) is 5.02 Å². The van der Waals surface area contributed by atoms with Gasteiger partial charge in [-0.25, -0.2) is 14.2 Å². The van der Waals surface area contributed by atoms with Crippen molar-refractivity contribution >= 4 is 50.0 Å². The number of thiazole rings is 1. The highest BCUT2D eigenvalue weighted by molar-refractivity contribution is 7.22. The third kappa shape index (κ3) is 3.65. The molecule has 1 aliphatic rings. The molecular weight excluding hydrogens is 421 g/mol. The standard InChI is InChI=1S/C18H17ClFN5O3S/c1-23-16(27)14-15(22-17(29-14)24-6-2-3-7-24)25(18(23)28)9-13(26)21-12-5-4-10(19)8-11(12)20/h4-5,8H,2-3,6-7,9H2,1H3,(H,21,26). The van der Waals surface area contributed by atoms with Gasteiger partial charge in [-0.15, -0.1) is 0 Å². The van der Waals surface area contributed by atoms with Crippen LogP contribution in [0, 0.1) is 5.82 Å². The molecule has 11 heteroatoms. The van der Waals surface area contributed by atoms with E-state index < -0.39 is 29.5 Å². The molecule has 0 unspecified atom stereocenters. The van der Waals surface area contributed by atoms with Gasteiger partial charge in [0.25, 0.3) is 5.56 Å². The average Bonchev–Trinajstić information content (AvgIpc) is 3.35. The van der Waals surface area contributed by atoms with Gasteiger partial charge in [0, 0.05) is 25.2 Å². The second-order valence-electron chi connectivity index (χ2n) is 6.75. The zero-order chi connectivity index (χ0) is 20.7.